The number of hydrogen-bond acceptors (Lipinski definition) is 4. The van der Waals surface area contributed by atoms with E-state index in [4.69, 9.17) is 5.73 Å². The molecule has 1 aromatic carbocycles. The molecule has 2 saturated heterocycles. The summed E-state index contributed by atoms with van der Waals surface area (Å²) in [5.74, 6) is 1.03. The van der Waals surface area contributed by atoms with Crippen molar-refractivity contribution in [2.24, 2.45) is 11.7 Å². The molecular weight excluding hydrogens is 324 g/mol. The lowest BCUT2D eigenvalue weighted by atomic mass is 9.89. The number of carbonyl (C=O) groups excluding carboxylic acids is 1. The zero-order valence-electron chi connectivity index (χ0n) is 16.2. The van der Waals surface area contributed by atoms with Gasteiger partial charge in [0.15, 0.2) is 0 Å². The van der Waals surface area contributed by atoms with Gasteiger partial charge in [0.25, 0.3) is 0 Å². The fourth-order valence-corrected chi connectivity index (χ4v) is 4.44. The summed E-state index contributed by atoms with van der Waals surface area (Å²) in [6.45, 7) is 9.64. The van der Waals surface area contributed by atoms with E-state index in [9.17, 15) is 4.79 Å². The largest absolute Gasteiger partial charge is 0.352 e. The van der Waals surface area contributed by atoms with Crippen molar-refractivity contribution in [3.63, 3.8) is 0 Å². The van der Waals surface area contributed by atoms with Gasteiger partial charge in [-0.25, -0.2) is 0 Å². The first-order chi connectivity index (χ1) is 12.6. The fraction of sp³-hybridized carbons (Fsp3) is 0.667. The maximum Gasteiger partial charge on any atom is 0.234 e. The van der Waals surface area contributed by atoms with Crippen LogP contribution >= 0.6 is 0 Å². The molecule has 0 bridgehead atoms. The van der Waals surface area contributed by atoms with Gasteiger partial charge < -0.3 is 16.0 Å². The first-order valence-corrected chi connectivity index (χ1v) is 10.1. The van der Waals surface area contributed by atoms with E-state index in [-0.39, 0.29) is 5.91 Å². The van der Waals surface area contributed by atoms with Crippen molar-refractivity contribution in [2.45, 2.75) is 44.7 Å². The maximum atomic E-state index is 12.5. The molecule has 0 aliphatic carbocycles. The van der Waals surface area contributed by atoms with Crippen LogP contribution in [0.25, 0.3) is 0 Å². The van der Waals surface area contributed by atoms with Gasteiger partial charge >= 0.3 is 0 Å². The molecule has 5 nitrogen and oxygen atoms in total. The van der Waals surface area contributed by atoms with Crippen molar-refractivity contribution >= 4 is 5.91 Å². The minimum Gasteiger partial charge on any atom is -0.352 e. The summed E-state index contributed by atoms with van der Waals surface area (Å²) < 4.78 is 0. The van der Waals surface area contributed by atoms with E-state index < -0.39 is 0 Å². The molecule has 3 N–H and O–H groups in total. The lowest BCUT2D eigenvalue weighted by Crippen LogP contribution is -2.48. The van der Waals surface area contributed by atoms with Crippen LogP contribution < -0.4 is 11.1 Å². The number of hydrogen-bond donors (Lipinski definition) is 2. The van der Waals surface area contributed by atoms with E-state index in [0.29, 0.717) is 37.0 Å². The monoisotopic (exact) mass is 358 g/mol. The van der Waals surface area contributed by atoms with Gasteiger partial charge in [0.2, 0.25) is 5.91 Å². The smallest absolute Gasteiger partial charge is 0.234 e. The van der Waals surface area contributed by atoms with Crippen molar-refractivity contribution in [2.75, 3.05) is 39.3 Å². The van der Waals surface area contributed by atoms with E-state index in [1.165, 1.54) is 5.56 Å². The molecule has 144 valence electrons. The van der Waals surface area contributed by atoms with E-state index >= 15 is 0 Å². The molecule has 3 rings (SSSR count). The Bertz CT molecular complexity index is 569. The molecule has 0 unspecified atom stereocenters. The third-order valence-corrected chi connectivity index (χ3v) is 6.04. The molecule has 2 atom stereocenters. The van der Waals surface area contributed by atoms with E-state index in [0.717, 1.165) is 39.0 Å². The van der Waals surface area contributed by atoms with Crippen LogP contribution in [0.15, 0.2) is 30.3 Å². The molecule has 1 aromatic rings. The Morgan fingerprint density at radius 1 is 1.19 bits per heavy atom. The van der Waals surface area contributed by atoms with Crippen LogP contribution in [0.2, 0.25) is 0 Å². The Morgan fingerprint density at radius 2 is 1.88 bits per heavy atom. The third kappa shape index (κ3) is 4.84. The minimum atomic E-state index is 0.164. The summed E-state index contributed by atoms with van der Waals surface area (Å²) >= 11 is 0. The molecule has 2 aliphatic rings. The highest BCUT2D eigenvalue weighted by Crippen LogP contribution is 2.31. The molecule has 0 saturated carbocycles. The number of likely N-dealkylation sites (tertiary alicyclic amines) is 2. The van der Waals surface area contributed by atoms with Gasteiger partial charge in [0.1, 0.15) is 0 Å². The third-order valence-electron chi connectivity index (χ3n) is 6.04. The maximum absolute atomic E-state index is 12.5. The highest BCUT2D eigenvalue weighted by atomic mass is 16.2. The number of benzene rings is 1. The second-order valence-corrected chi connectivity index (χ2v) is 8.18. The number of amides is 1. The standard InChI is InChI=1S/C21H34N4O/c1-16(2)25-10-8-19(9-11-25)23-21(26)15-24-13-18(12-22)20(14-24)17-6-4-3-5-7-17/h3-7,16,18-20H,8-15,22H2,1-2H3,(H,23,26)/t18-,20+/m1/s1. The van der Waals surface area contributed by atoms with Crippen molar-refractivity contribution in [3.8, 4) is 0 Å². The summed E-state index contributed by atoms with van der Waals surface area (Å²) in [5, 5.41) is 3.25. The lowest BCUT2D eigenvalue weighted by molar-refractivity contribution is -0.123. The van der Waals surface area contributed by atoms with E-state index in [1.807, 2.05) is 6.07 Å². The SMILES string of the molecule is CC(C)N1CCC(NC(=O)CN2C[C@@H](CN)[C@H](c3ccccc3)C2)CC1. The molecule has 5 heteroatoms. The Morgan fingerprint density at radius 3 is 2.50 bits per heavy atom. The van der Waals surface area contributed by atoms with E-state index in [2.05, 4.69) is 53.2 Å². The van der Waals surface area contributed by atoms with Crippen LogP contribution in [0.1, 0.15) is 38.2 Å². The Labute approximate surface area is 157 Å². The number of piperidine rings is 1. The lowest BCUT2D eigenvalue weighted by Gasteiger charge is -2.35. The fourth-order valence-electron chi connectivity index (χ4n) is 4.44. The zero-order chi connectivity index (χ0) is 18.5. The average molecular weight is 359 g/mol. The normalized spacial score (nSPS) is 25.7. The predicted octanol–water partition coefficient (Wildman–Crippen LogP) is 1.65. The number of rotatable bonds is 6. The average Bonchev–Trinajstić information content (AvgIpc) is 3.05. The second-order valence-electron chi connectivity index (χ2n) is 8.18. The molecule has 26 heavy (non-hydrogen) atoms. The quantitative estimate of drug-likeness (QED) is 0.812. The molecule has 2 aliphatic heterocycles. The van der Waals surface area contributed by atoms with Gasteiger partial charge in [-0.15, -0.1) is 0 Å². The molecule has 0 spiro atoms. The van der Waals surface area contributed by atoms with Crippen molar-refractivity contribution in [1.29, 1.82) is 0 Å². The zero-order valence-corrected chi connectivity index (χ0v) is 16.2. The summed E-state index contributed by atoms with van der Waals surface area (Å²) in [6, 6.07) is 11.5. The highest BCUT2D eigenvalue weighted by Gasteiger charge is 2.34. The van der Waals surface area contributed by atoms with Crippen molar-refractivity contribution < 1.29 is 4.79 Å². The summed E-state index contributed by atoms with van der Waals surface area (Å²) in [4.78, 5) is 17.3. The summed E-state index contributed by atoms with van der Waals surface area (Å²) in [5.41, 5.74) is 7.35. The molecule has 2 heterocycles. The highest BCUT2D eigenvalue weighted by molar-refractivity contribution is 5.78. The van der Waals surface area contributed by atoms with Crippen LogP contribution in [-0.2, 0) is 4.79 Å². The summed E-state index contributed by atoms with van der Waals surface area (Å²) in [7, 11) is 0. The predicted molar refractivity (Wildman–Crippen MR) is 106 cm³/mol. The number of nitrogens with zero attached hydrogens (tertiary/aromatic N) is 2. The molecule has 0 aromatic heterocycles. The van der Waals surface area contributed by atoms with Gasteiger partial charge in [0, 0.05) is 44.2 Å². The molecule has 1 amide bonds. The Balaban J connectivity index is 1.48. The van der Waals surface area contributed by atoms with E-state index in [1.54, 1.807) is 0 Å². The Kier molecular flexibility index (Phi) is 6.68. The van der Waals surface area contributed by atoms with Crippen molar-refractivity contribution in [1.82, 2.24) is 15.1 Å². The number of nitrogens with two attached hydrogens (primary N) is 1. The first kappa shape index (κ1) is 19.3. The van der Waals surface area contributed by atoms with Crippen LogP contribution in [-0.4, -0.2) is 67.1 Å². The topological polar surface area (TPSA) is 61.6 Å². The van der Waals surface area contributed by atoms with Gasteiger partial charge in [-0.3, -0.25) is 9.69 Å². The summed E-state index contributed by atoms with van der Waals surface area (Å²) in [6.07, 6.45) is 2.12. The minimum absolute atomic E-state index is 0.164. The van der Waals surface area contributed by atoms with Crippen LogP contribution in [0, 0.1) is 5.92 Å². The van der Waals surface area contributed by atoms with Gasteiger partial charge in [-0.05, 0) is 44.7 Å². The van der Waals surface area contributed by atoms with Crippen LogP contribution in [0.4, 0.5) is 0 Å². The van der Waals surface area contributed by atoms with Gasteiger partial charge in [-0.1, -0.05) is 30.3 Å². The van der Waals surface area contributed by atoms with Gasteiger partial charge in [-0.2, -0.15) is 0 Å². The van der Waals surface area contributed by atoms with Crippen LogP contribution in [0.5, 0.6) is 0 Å². The molecule has 2 fully saturated rings. The van der Waals surface area contributed by atoms with Gasteiger partial charge in [0.05, 0.1) is 6.54 Å². The Hall–Kier alpha value is -1.43. The molecular formula is C21H34N4O. The first-order valence-electron chi connectivity index (χ1n) is 10.1. The van der Waals surface area contributed by atoms with Crippen LogP contribution in [0.3, 0.4) is 0 Å². The molecule has 0 radical (unpaired) electrons. The van der Waals surface area contributed by atoms with Crippen molar-refractivity contribution in [3.05, 3.63) is 35.9 Å². The number of nitrogens with one attached hydrogen (secondary N) is 1. The second kappa shape index (κ2) is 8.98. The number of carbonyl (C=O) groups is 1.